The maximum Gasteiger partial charge on any atom is 0.312 e. The Balaban J connectivity index is 1.54. The molecule has 132 valence electrons. The molecular formula is C21H24FNO2. The van der Waals surface area contributed by atoms with Crippen LogP contribution in [-0.2, 0) is 9.53 Å². The van der Waals surface area contributed by atoms with Crippen molar-refractivity contribution in [1.82, 2.24) is 4.98 Å². The lowest BCUT2D eigenvalue weighted by atomic mass is 9.73. The largest absolute Gasteiger partial charge is 0.466 e. The van der Waals surface area contributed by atoms with E-state index < -0.39 is 0 Å². The van der Waals surface area contributed by atoms with E-state index in [1.807, 2.05) is 19.2 Å². The van der Waals surface area contributed by atoms with Crippen molar-refractivity contribution in [2.75, 3.05) is 6.61 Å². The fraction of sp³-hybridized carbons (Fsp3) is 0.524. The van der Waals surface area contributed by atoms with Gasteiger partial charge in [-0.3, -0.25) is 9.78 Å². The highest BCUT2D eigenvalue weighted by molar-refractivity contribution is 5.83. The maximum atomic E-state index is 13.7. The third-order valence-electron chi connectivity index (χ3n) is 6.58. The second kappa shape index (κ2) is 5.79. The van der Waals surface area contributed by atoms with Gasteiger partial charge in [-0.2, -0.15) is 0 Å². The van der Waals surface area contributed by atoms with Crippen molar-refractivity contribution in [3.8, 4) is 0 Å². The van der Waals surface area contributed by atoms with Gasteiger partial charge in [0, 0.05) is 11.6 Å². The van der Waals surface area contributed by atoms with Gasteiger partial charge < -0.3 is 4.74 Å². The molecular weight excluding hydrogens is 317 g/mol. The lowest BCUT2D eigenvalue weighted by molar-refractivity contribution is -0.151. The van der Waals surface area contributed by atoms with Crippen molar-refractivity contribution in [1.29, 1.82) is 0 Å². The van der Waals surface area contributed by atoms with Gasteiger partial charge in [-0.1, -0.05) is 0 Å². The molecule has 0 N–H and O–H groups in total. The number of aromatic nitrogens is 1. The van der Waals surface area contributed by atoms with Gasteiger partial charge in [-0.05, 0) is 87.1 Å². The number of hydrogen-bond donors (Lipinski definition) is 0. The topological polar surface area (TPSA) is 39.2 Å². The van der Waals surface area contributed by atoms with Crippen molar-refractivity contribution in [2.24, 2.45) is 10.8 Å². The van der Waals surface area contributed by atoms with E-state index in [1.54, 1.807) is 12.1 Å². The number of carbonyl (C=O) groups excluding carboxylic acids is 1. The van der Waals surface area contributed by atoms with Crippen LogP contribution in [0.25, 0.3) is 10.9 Å². The van der Waals surface area contributed by atoms with E-state index >= 15 is 0 Å². The summed E-state index contributed by atoms with van der Waals surface area (Å²) in [6.45, 7) is 4.37. The minimum absolute atomic E-state index is 0.0371. The van der Waals surface area contributed by atoms with Gasteiger partial charge in [0.15, 0.2) is 0 Å². The number of ether oxygens (including phenoxy) is 1. The molecule has 1 unspecified atom stereocenters. The van der Waals surface area contributed by atoms with Crippen molar-refractivity contribution in [3.05, 3.63) is 41.8 Å². The van der Waals surface area contributed by atoms with Gasteiger partial charge in [0.05, 0.1) is 17.5 Å². The van der Waals surface area contributed by atoms with Gasteiger partial charge >= 0.3 is 5.97 Å². The van der Waals surface area contributed by atoms with Crippen LogP contribution in [0.4, 0.5) is 4.39 Å². The second-order valence-electron chi connectivity index (χ2n) is 7.85. The summed E-state index contributed by atoms with van der Waals surface area (Å²) in [5.41, 5.74) is 1.85. The summed E-state index contributed by atoms with van der Waals surface area (Å²) in [5.74, 6) is 0.154. The monoisotopic (exact) mass is 341 g/mol. The van der Waals surface area contributed by atoms with Gasteiger partial charge in [-0.25, -0.2) is 4.39 Å². The van der Waals surface area contributed by atoms with Crippen LogP contribution in [0.5, 0.6) is 0 Å². The Labute approximate surface area is 147 Å². The highest BCUT2D eigenvalue weighted by Gasteiger charge is 2.69. The van der Waals surface area contributed by atoms with Crippen LogP contribution in [-0.4, -0.2) is 17.6 Å². The zero-order valence-corrected chi connectivity index (χ0v) is 14.8. The number of nitrogens with zero attached hydrogens (tertiary/aromatic N) is 1. The molecule has 4 heteroatoms. The zero-order valence-electron chi connectivity index (χ0n) is 14.8. The van der Waals surface area contributed by atoms with Gasteiger partial charge in [-0.15, -0.1) is 0 Å². The second-order valence-corrected chi connectivity index (χ2v) is 7.85. The first-order valence-electron chi connectivity index (χ1n) is 9.20. The Hall–Kier alpha value is -1.97. The molecule has 2 fully saturated rings. The number of benzene rings is 1. The normalized spacial score (nSPS) is 31.2. The Bertz CT molecular complexity index is 826. The predicted octanol–water partition coefficient (Wildman–Crippen LogP) is 4.99. The van der Waals surface area contributed by atoms with Crippen molar-refractivity contribution < 1.29 is 13.9 Å². The van der Waals surface area contributed by atoms with E-state index in [0.29, 0.717) is 12.5 Å². The molecule has 4 rings (SSSR count). The highest BCUT2D eigenvalue weighted by atomic mass is 19.1. The third-order valence-corrected chi connectivity index (χ3v) is 6.58. The predicted molar refractivity (Wildman–Crippen MR) is 94.7 cm³/mol. The Kier molecular flexibility index (Phi) is 3.82. The standard InChI is InChI=1S/C21H24FNO2/c1-3-25-19(24)20(2)13-21(20)9-6-14(7-10-21)16-8-11-23-18-5-4-15(22)12-17(16)18/h4-5,8,11-12,14H,3,6-7,9-10,13H2,1-2H3. The first-order chi connectivity index (χ1) is 12.0. The zero-order chi connectivity index (χ0) is 17.7. The average molecular weight is 341 g/mol. The van der Waals surface area contributed by atoms with Crippen LogP contribution in [0.15, 0.2) is 30.5 Å². The molecule has 1 aromatic carbocycles. The maximum absolute atomic E-state index is 13.7. The fourth-order valence-electron chi connectivity index (χ4n) is 4.92. The first-order valence-corrected chi connectivity index (χ1v) is 9.20. The molecule has 1 atom stereocenters. The smallest absolute Gasteiger partial charge is 0.312 e. The molecule has 1 heterocycles. The molecule has 25 heavy (non-hydrogen) atoms. The fourth-order valence-corrected chi connectivity index (χ4v) is 4.92. The summed E-state index contributed by atoms with van der Waals surface area (Å²) in [4.78, 5) is 16.6. The number of hydrogen-bond acceptors (Lipinski definition) is 3. The molecule has 1 spiro atoms. The Morgan fingerprint density at radius 3 is 2.80 bits per heavy atom. The van der Waals surface area contributed by atoms with Gasteiger partial charge in [0.1, 0.15) is 5.82 Å². The van der Waals surface area contributed by atoms with E-state index in [4.69, 9.17) is 4.74 Å². The molecule has 0 aliphatic heterocycles. The van der Waals surface area contributed by atoms with Crippen molar-refractivity contribution in [2.45, 2.75) is 51.9 Å². The number of pyridine rings is 1. The summed E-state index contributed by atoms with van der Waals surface area (Å²) < 4.78 is 19.0. The Morgan fingerprint density at radius 1 is 1.32 bits per heavy atom. The molecule has 2 aliphatic carbocycles. The molecule has 2 aliphatic rings. The lowest BCUT2D eigenvalue weighted by Crippen LogP contribution is -2.26. The highest BCUT2D eigenvalue weighted by Crippen LogP contribution is 2.71. The van der Waals surface area contributed by atoms with E-state index in [1.165, 1.54) is 11.6 Å². The summed E-state index contributed by atoms with van der Waals surface area (Å²) in [6.07, 6.45) is 6.89. The quantitative estimate of drug-likeness (QED) is 0.738. The minimum atomic E-state index is -0.305. The molecule has 0 radical (unpaired) electrons. The summed E-state index contributed by atoms with van der Waals surface area (Å²) in [5, 5.41) is 0.924. The Morgan fingerprint density at radius 2 is 2.08 bits per heavy atom. The van der Waals surface area contributed by atoms with Crippen LogP contribution in [0.2, 0.25) is 0 Å². The van der Waals surface area contributed by atoms with E-state index in [-0.39, 0.29) is 22.6 Å². The van der Waals surface area contributed by atoms with Crippen molar-refractivity contribution >= 4 is 16.9 Å². The summed E-state index contributed by atoms with van der Waals surface area (Å²) in [6, 6.07) is 6.84. The number of halogens is 1. The SMILES string of the molecule is CCOC(=O)C1(C)CC12CCC(c1ccnc3ccc(F)cc13)CC2. The van der Waals surface area contributed by atoms with E-state index in [0.717, 1.165) is 43.0 Å². The van der Waals surface area contributed by atoms with Crippen LogP contribution in [0.3, 0.4) is 0 Å². The van der Waals surface area contributed by atoms with Crippen molar-refractivity contribution in [3.63, 3.8) is 0 Å². The molecule has 2 saturated carbocycles. The lowest BCUT2D eigenvalue weighted by Gasteiger charge is -2.32. The van der Waals surface area contributed by atoms with Gasteiger partial charge in [0.2, 0.25) is 0 Å². The molecule has 0 bridgehead atoms. The van der Waals surface area contributed by atoms with Crippen LogP contribution < -0.4 is 0 Å². The average Bonchev–Trinajstić information content (AvgIpc) is 3.20. The van der Waals surface area contributed by atoms with Crippen LogP contribution in [0.1, 0.15) is 57.4 Å². The number of esters is 1. The molecule has 1 aromatic heterocycles. The first kappa shape index (κ1) is 16.5. The molecule has 0 saturated heterocycles. The third kappa shape index (κ3) is 2.54. The number of fused-ring (bicyclic) bond motifs is 1. The number of carbonyl (C=O) groups is 1. The molecule has 0 amide bonds. The van der Waals surface area contributed by atoms with E-state index in [9.17, 15) is 9.18 Å². The summed E-state index contributed by atoms with van der Waals surface area (Å²) >= 11 is 0. The van der Waals surface area contributed by atoms with Crippen LogP contribution in [0, 0.1) is 16.6 Å². The molecule has 3 nitrogen and oxygen atoms in total. The van der Waals surface area contributed by atoms with Crippen LogP contribution >= 0.6 is 0 Å². The van der Waals surface area contributed by atoms with E-state index in [2.05, 4.69) is 11.9 Å². The molecule has 2 aromatic rings. The van der Waals surface area contributed by atoms with Gasteiger partial charge in [0.25, 0.3) is 0 Å². The summed E-state index contributed by atoms with van der Waals surface area (Å²) in [7, 11) is 0. The number of rotatable bonds is 3. The minimum Gasteiger partial charge on any atom is -0.466 e.